The highest BCUT2D eigenvalue weighted by Gasteiger charge is 2.42. The first kappa shape index (κ1) is 14.8. The summed E-state index contributed by atoms with van der Waals surface area (Å²) in [7, 11) is 0. The van der Waals surface area contributed by atoms with E-state index in [2.05, 4.69) is 18.7 Å². The number of carbonyl (C=O) groups excluding carboxylic acids is 1. The number of hydrogen-bond acceptors (Lipinski definition) is 2. The molecular formula is C16H30N2O. The van der Waals surface area contributed by atoms with Crippen molar-refractivity contribution in [2.24, 2.45) is 17.1 Å². The van der Waals surface area contributed by atoms with E-state index in [1.807, 2.05) is 0 Å². The van der Waals surface area contributed by atoms with Gasteiger partial charge in [0.1, 0.15) is 0 Å². The lowest BCUT2D eigenvalue weighted by Gasteiger charge is -2.42. The van der Waals surface area contributed by atoms with Crippen molar-refractivity contribution in [1.29, 1.82) is 0 Å². The van der Waals surface area contributed by atoms with Crippen molar-refractivity contribution in [2.75, 3.05) is 13.1 Å². The van der Waals surface area contributed by atoms with Crippen molar-refractivity contribution < 1.29 is 4.79 Å². The second-order valence-electron chi connectivity index (χ2n) is 6.88. The van der Waals surface area contributed by atoms with Gasteiger partial charge in [-0.3, -0.25) is 4.79 Å². The molecule has 2 unspecified atom stereocenters. The molecule has 2 N–H and O–H groups in total. The minimum atomic E-state index is -0.245. The summed E-state index contributed by atoms with van der Waals surface area (Å²) in [6.45, 7) is 5.96. The number of nitrogens with two attached hydrogens (primary N) is 1. The number of carbonyl (C=O) groups is 1. The SMILES string of the molecule is CC1CCN(C(=O)C2(CN)CCCCCC2)C(C)C1. The van der Waals surface area contributed by atoms with E-state index >= 15 is 0 Å². The van der Waals surface area contributed by atoms with Gasteiger partial charge in [-0.2, -0.15) is 0 Å². The van der Waals surface area contributed by atoms with Crippen molar-refractivity contribution >= 4 is 5.91 Å². The van der Waals surface area contributed by atoms with Crippen LogP contribution in [-0.4, -0.2) is 29.9 Å². The molecule has 0 aromatic carbocycles. The zero-order chi connectivity index (χ0) is 13.9. The lowest BCUT2D eigenvalue weighted by molar-refractivity contribution is -0.146. The van der Waals surface area contributed by atoms with Crippen LogP contribution < -0.4 is 5.73 Å². The second kappa shape index (κ2) is 6.25. The molecule has 0 aromatic rings. The molecule has 0 aromatic heterocycles. The number of amides is 1. The predicted octanol–water partition coefficient (Wildman–Crippen LogP) is 2.93. The Bertz CT molecular complexity index is 308. The smallest absolute Gasteiger partial charge is 0.230 e. The first-order valence-electron chi connectivity index (χ1n) is 8.10. The highest BCUT2D eigenvalue weighted by atomic mass is 16.2. The average Bonchev–Trinajstić information content (AvgIpc) is 2.64. The summed E-state index contributed by atoms with van der Waals surface area (Å²) in [6, 6.07) is 0.392. The molecule has 1 saturated carbocycles. The molecule has 1 aliphatic heterocycles. The summed E-state index contributed by atoms with van der Waals surface area (Å²) >= 11 is 0. The molecule has 0 bridgehead atoms. The third kappa shape index (κ3) is 3.13. The molecule has 1 heterocycles. The van der Waals surface area contributed by atoms with Crippen molar-refractivity contribution in [1.82, 2.24) is 4.90 Å². The van der Waals surface area contributed by atoms with Gasteiger partial charge in [0.25, 0.3) is 0 Å². The van der Waals surface area contributed by atoms with Crippen molar-refractivity contribution in [2.45, 2.75) is 71.3 Å². The van der Waals surface area contributed by atoms with Crippen LogP contribution in [0.4, 0.5) is 0 Å². The van der Waals surface area contributed by atoms with E-state index < -0.39 is 0 Å². The standard InChI is InChI=1S/C16H30N2O/c1-13-7-10-18(14(2)11-13)15(19)16(12-17)8-5-3-4-6-9-16/h13-14H,3-12,17H2,1-2H3. The minimum Gasteiger partial charge on any atom is -0.339 e. The van der Waals surface area contributed by atoms with Gasteiger partial charge in [-0.1, -0.05) is 32.6 Å². The molecule has 2 fully saturated rings. The Kier molecular flexibility index (Phi) is 4.88. The van der Waals surface area contributed by atoms with Crippen LogP contribution in [0.1, 0.15) is 65.2 Å². The molecule has 2 atom stereocenters. The van der Waals surface area contributed by atoms with E-state index in [0.29, 0.717) is 18.5 Å². The number of nitrogens with zero attached hydrogens (tertiary/aromatic N) is 1. The highest BCUT2D eigenvalue weighted by Crippen LogP contribution is 2.37. The van der Waals surface area contributed by atoms with Crippen molar-refractivity contribution in [3.63, 3.8) is 0 Å². The van der Waals surface area contributed by atoms with Crippen molar-refractivity contribution in [3.05, 3.63) is 0 Å². The Hall–Kier alpha value is -0.570. The van der Waals surface area contributed by atoms with E-state index in [4.69, 9.17) is 5.73 Å². The molecule has 19 heavy (non-hydrogen) atoms. The maximum Gasteiger partial charge on any atom is 0.230 e. The predicted molar refractivity (Wildman–Crippen MR) is 78.8 cm³/mol. The van der Waals surface area contributed by atoms with Gasteiger partial charge < -0.3 is 10.6 Å². The Morgan fingerprint density at radius 2 is 1.84 bits per heavy atom. The van der Waals surface area contributed by atoms with Gasteiger partial charge in [0.2, 0.25) is 5.91 Å². The number of piperidine rings is 1. The molecule has 1 saturated heterocycles. The molecule has 0 spiro atoms. The Morgan fingerprint density at radius 1 is 1.21 bits per heavy atom. The summed E-state index contributed by atoms with van der Waals surface area (Å²) in [5, 5.41) is 0. The molecule has 110 valence electrons. The molecule has 1 aliphatic carbocycles. The quantitative estimate of drug-likeness (QED) is 0.781. The zero-order valence-corrected chi connectivity index (χ0v) is 12.7. The van der Waals surface area contributed by atoms with Crippen LogP contribution in [0, 0.1) is 11.3 Å². The molecular weight excluding hydrogens is 236 g/mol. The molecule has 2 rings (SSSR count). The first-order chi connectivity index (χ1) is 9.09. The fourth-order valence-corrected chi connectivity index (χ4v) is 3.92. The Morgan fingerprint density at radius 3 is 2.37 bits per heavy atom. The van der Waals surface area contributed by atoms with Crippen LogP contribution >= 0.6 is 0 Å². The van der Waals surface area contributed by atoms with Crippen LogP contribution in [0.3, 0.4) is 0 Å². The summed E-state index contributed by atoms with van der Waals surface area (Å²) in [5.74, 6) is 1.11. The lowest BCUT2D eigenvalue weighted by atomic mass is 9.77. The number of rotatable bonds is 2. The van der Waals surface area contributed by atoms with E-state index in [1.165, 1.54) is 25.7 Å². The molecule has 0 radical (unpaired) electrons. The van der Waals surface area contributed by atoms with Gasteiger partial charge in [-0.25, -0.2) is 0 Å². The van der Waals surface area contributed by atoms with E-state index in [9.17, 15) is 4.79 Å². The third-order valence-corrected chi connectivity index (χ3v) is 5.30. The van der Waals surface area contributed by atoms with Crippen LogP contribution in [0.5, 0.6) is 0 Å². The summed E-state index contributed by atoms with van der Waals surface area (Å²) in [6.07, 6.45) is 9.16. The summed E-state index contributed by atoms with van der Waals surface area (Å²) < 4.78 is 0. The number of likely N-dealkylation sites (tertiary alicyclic amines) is 1. The minimum absolute atomic E-state index is 0.245. The van der Waals surface area contributed by atoms with Crippen LogP contribution in [-0.2, 0) is 4.79 Å². The summed E-state index contributed by atoms with van der Waals surface area (Å²) in [4.78, 5) is 15.2. The largest absolute Gasteiger partial charge is 0.339 e. The fraction of sp³-hybridized carbons (Fsp3) is 0.938. The Balaban J connectivity index is 2.11. The van der Waals surface area contributed by atoms with Gasteiger partial charge >= 0.3 is 0 Å². The molecule has 3 heteroatoms. The van der Waals surface area contributed by atoms with Gasteiger partial charge in [-0.05, 0) is 38.5 Å². The maximum atomic E-state index is 13.0. The van der Waals surface area contributed by atoms with E-state index in [-0.39, 0.29) is 5.41 Å². The van der Waals surface area contributed by atoms with Crippen LogP contribution in [0.15, 0.2) is 0 Å². The van der Waals surface area contributed by atoms with Gasteiger partial charge in [0, 0.05) is 19.1 Å². The zero-order valence-electron chi connectivity index (χ0n) is 12.7. The lowest BCUT2D eigenvalue weighted by Crippen LogP contribution is -2.53. The molecule has 2 aliphatic rings. The third-order valence-electron chi connectivity index (χ3n) is 5.30. The first-order valence-corrected chi connectivity index (χ1v) is 8.10. The second-order valence-corrected chi connectivity index (χ2v) is 6.88. The van der Waals surface area contributed by atoms with Crippen molar-refractivity contribution in [3.8, 4) is 0 Å². The van der Waals surface area contributed by atoms with Gasteiger partial charge in [0.05, 0.1) is 5.41 Å². The molecule has 1 amide bonds. The maximum absolute atomic E-state index is 13.0. The van der Waals surface area contributed by atoms with E-state index in [0.717, 1.165) is 38.1 Å². The normalized spacial score (nSPS) is 31.8. The van der Waals surface area contributed by atoms with Gasteiger partial charge in [-0.15, -0.1) is 0 Å². The summed E-state index contributed by atoms with van der Waals surface area (Å²) in [5.41, 5.74) is 5.80. The van der Waals surface area contributed by atoms with Gasteiger partial charge in [0.15, 0.2) is 0 Å². The average molecular weight is 266 g/mol. The van der Waals surface area contributed by atoms with E-state index in [1.54, 1.807) is 0 Å². The Labute approximate surface area is 117 Å². The number of hydrogen-bond donors (Lipinski definition) is 1. The van der Waals surface area contributed by atoms with Crippen LogP contribution in [0.2, 0.25) is 0 Å². The topological polar surface area (TPSA) is 46.3 Å². The fourth-order valence-electron chi connectivity index (χ4n) is 3.92. The molecule has 3 nitrogen and oxygen atoms in total. The van der Waals surface area contributed by atoms with Crippen LogP contribution in [0.25, 0.3) is 0 Å². The highest BCUT2D eigenvalue weighted by molar-refractivity contribution is 5.83. The monoisotopic (exact) mass is 266 g/mol.